The molecule has 11 heteroatoms. The normalized spacial score (nSPS) is 17.2. The first-order chi connectivity index (χ1) is 17.4. The van der Waals surface area contributed by atoms with Crippen LogP contribution in [0.1, 0.15) is 32.6 Å². The van der Waals surface area contributed by atoms with E-state index in [-0.39, 0.29) is 19.0 Å². The Balaban J connectivity index is 1.43. The molecular weight excluding hydrogens is 460 g/mol. The molecule has 4 aromatic heterocycles. The van der Waals surface area contributed by atoms with E-state index in [2.05, 4.69) is 24.9 Å². The Morgan fingerprint density at radius 1 is 1.03 bits per heavy atom. The van der Waals surface area contributed by atoms with Gasteiger partial charge in [0.05, 0.1) is 35.2 Å². The maximum Gasteiger partial charge on any atom is 0.295 e. The minimum absolute atomic E-state index is 0.212. The van der Waals surface area contributed by atoms with Crippen LogP contribution in [0.3, 0.4) is 0 Å². The third kappa shape index (κ3) is 3.31. The number of aromatic amines is 1. The van der Waals surface area contributed by atoms with E-state index >= 15 is 0 Å². The van der Waals surface area contributed by atoms with Crippen LogP contribution in [-0.4, -0.2) is 86.0 Å². The Hall–Kier alpha value is -4.67. The van der Waals surface area contributed by atoms with Crippen LogP contribution < -0.4 is 4.90 Å². The van der Waals surface area contributed by atoms with Gasteiger partial charge >= 0.3 is 0 Å². The molecule has 2 aliphatic heterocycles. The fourth-order valence-corrected chi connectivity index (χ4v) is 4.85. The van der Waals surface area contributed by atoms with Gasteiger partial charge in [-0.25, -0.2) is 9.97 Å². The SMILES string of the molecule is CN(C)c1cnc(-c2nccc3c4c([nH]c23)[C@H]2CN(C(=O)c3ccccn3)CCN2C(=O)C4=O)cn1. The molecule has 0 spiro atoms. The molecule has 2 aliphatic rings. The van der Waals surface area contributed by atoms with Crippen molar-refractivity contribution in [3.05, 3.63) is 66.0 Å². The van der Waals surface area contributed by atoms with Gasteiger partial charge in [-0.2, -0.15) is 0 Å². The van der Waals surface area contributed by atoms with Crippen LogP contribution in [0.25, 0.3) is 22.3 Å². The molecule has 6 heterocycles. The van der Waals surface area contributed by atoms with E-state index in [0.717, 1.165) is 0 Å². The number of rotatable bonds is 3. The summed E-state index contributed by atoms with van der Waals surface area (Å²) in [6.07, 6.45) is 6.45. The smallest absolute Gasteiger partial charge is 0.295 e. The molecule has 0 aromatic carbocycles. The number of carbonyl (C=O) groups excluding carboxylic acids is 3. The van der Waals surface area contributed by atoms with Crippen molar-refractivity contribution in [3.63, 3.8) is 0 Å². The second-order valence-electron chi connectivity index (χ2n) is 8.96. The van der Waals surface area contributed by atoms with Crippen molar-refractivity contribution in [2.45, 2.75) is 6.04 Å². The number of carbonyl (C=O) groups is 3. The molecule has 6 rings (SSSR count). The number of hydrogen-bond acceptors (Lipinski definition) is 8. The molecule has 0 saturated carbocycles. The number of ketones is 1. The Morgan fingerprint density at radius 2 is 1.89 bits per heavy atom. The fraction of sp³-hybridized carbons (Fsp3) is 0.240. The molecule has 36 heavy (non-hydrogen) atoms. The summed E-state index contributed by atoms with van der Waals surface area (Å²) in [7, 11) is 3.75. The maximum atomic E-state index is 13.2. The Morgan fingerprint density at radius 3 is 2.61 bits per heavy atom. The third-order valence-corrected chi connectivity index (χ3v) is 6.66. The van der Waals surface area contributed by atoms with Crippen molar-refractivity contribution in [1.82, 2.24) is 34.7 Å². The zero-order chi connectivity index (χ0) is 25.0. The number of aromatic nitrogens is 5. The van der Waals surface area contributed by atoms with E-state index in [1.54, 1.807) is 58.9 Å². The monoisotopic (exact) mass is 482 g/mol. The first kappa shape index (κ1) is 21.8. The average molecular weight is 483 g/mol. The molecule has 1 fully saturated rings. The van der Waals surface area contributed by atoms with Gasteiger partial charge in [0.25, 0.3) is 17.6 Å². The van der Waals surface area contributed by atoms with Crippen molar-refractivity contribution in [2.24, 2.45) is 0 Å². The number of pyridine rings is 2. The average Bonchev–Trinajstić information content (AvgIpc) is 3.32. The molecule has 2 amide bonds. The molecule has 1 atom stereocenters. The summed E-state index contributed by atoms with van der Waals surface area (Å²) in [5.41, 5.74) is 2.93. The molecule has 11 nitrogen and oxygen atoms in total. The maximum absolute atomic E-state index is 13.2. The Labute approximate surface area is 205 Å². The van der Waals surface area contributed by atoms with Crippen molar-refractivity contribution in [1.29, 1.82) is 0 Å². The van der Waals surface area contributed by atoms with Gasteiger partial charge in [-0.1, -0.05) is 6.07 Å². The minimum atomic E-state index is -0.566. The predicted molar refractivity (Wildman–Crippen MR) is 130 cm³/mol. The third-order valence-electron chi connectivity index (χ3n) is 6.66. The second kappa shape index (κ2) is 8.22. The van der Waals surface area contributed by atoms with Gasteiger partial charge in [0.2, 0.25) is 0 Å². The summed E-state index contributed by atoms with van der Waals surface area (Å²) in [5, 5.41) is 0.597. The minimum Gasteiger partial charge on any atom is -0.361 e. The van der Waals surface area contributed by atoms with Crippen LogP contribution >= 0.6 is 0 Å². The van der Waals surface area contributed by atoms with Crippen LogP contribution in [0.5, 0.6) is 0 Å². The topological polar surface area (TPSA) is 128 Å². The number of fused-ring (bicyclic) bond motifs is 5. The van der Waals surface area contributed by atoms with Gasteiger partial charge in [-0.05, 0) is 18.2 Å². The standard InChI is InChI=1S/C25H22N8O3/c1-31(2)18-12-28-16(11-29-18)21-20-14(6-8-27-21)19-22(30-20)17-13-32(9-10-33(17)25(36)23(19)34)24(35)15-5-3-4-7-26-15/h3-8,11-12,17,30H,9-10,13H2,1-2H3/t17-/m1/s1. The van der Waals surface area contributed by atoms with E-state index in [9.17, 15) is 14.4 Å². The number of nitrogens with zero attached hydrogens (tertiary/aromatic N) is 7. The number of amides is 2. The van der Waals surface area contributed by atoms with Gasteiger partial charge in [0.15, 0.2) is 0 Å². The van der Waals surface area contributed by atoms with Crippen LogP contribution in [0.15, 0.2) is 49.1 Å². The van der Waals surface area contributed by atoms with E-state index in [1.807, 2.05) is 19.0 Å². The number of hydrogen-bond donors (Lipinski definition) is 1. The number of H-pyrrole nitrogens is 1. The number of piperazine rings is 1. The molecule has 1 N–H and O–H groups in total. The van der Waals surface area contributed by atoms with Crippen molar-refractivity contribution >= 4 is 34.3 Å². The lowest BCUT2D eigenvalue weighted by Crippen LogP contribution is -2.56. The molecule has 0 bridgehead atoms. The quantitative estimate of drug-likeness (QED) is 0.437. The van der Waals surface area contributed by atoms with Crippen molar-refractivity contribution < 1.29 is 14.4 Å². The van der Waals surface area contributed by atoms with Crippen molar-refractivity contribution in [3.8, 4) is 11.4 Å². The van der Waals surface area contributed by atoms with Gasteiger partial charge in [0, 0.05) is 51.5 Å². The predicted octanol–water partition coefficient (Wildman–Crippen LogP) is 1.70. The molecule has 0 aliphatic carbocycles. The van der Waals surface area contributed by atoms with Gasteiger partial charge in [0.1, 0.15) is 22.9 Å². The van der Waals surface area contributed by atoms with Gasteiger partial charge < -0.3 is 19.7 Å². The number of anilines is 1. The highest BCUT2D eigenvalue weighted by Gasteiger charge is 2.45. The number of Topliss-reactive ketones (excluding diaryl/α,β-unsaturated/α-hetero) is 1. The summed E-state index contributed by atoms with van der Waals surface area (Å²) in [6.45, 7) is 0.820. The largest absolute Gasteiger partial charge is 0.361 e. The summed E-state index contributed by atoms with van der Waals surface area (Å²) in [4.78, 5) is 65.4. The van der Waals surface area contributed by atoms with E-state index in [0.29, 0.717) is 51.6 Å². The molecular formula is C25H22N8O3. The number of nitrogens with one attached hydrogen (secondary N) is 1. The summed E-state index contributed by atoms with van der Waals surface area (Å²) < 4.78 is 0. The molecule has 1 saturated heterocycles. The second-order valence-corrected chi connectivity index (χ2v) is 8.96. The summed E-state index contributed by atoms with van der Waals surface area (Å²) in [6, 6.07) is 6.41. The lowest BCUT2D eigenvalue weighted by atomic mass is 9.93. The van der Waals surface area contributed by atoms with Crippen LogP contribution in [0, 0.1) is 0 Å². The van der Waals surface area contributed by atoms with Crippen LogP contribution in [-0.2, 0) is 4.79 Å². The molecule has 0 unspecified atom stereocenters. The van der Waals surface area contributed by atoms with E-state index in [4.69, 9.17) is 0 Å². The molecule has 0 radical (unpaired) electrons. The summed E-state index contributed by atoms with van der Waals surface area (Å²) in [5.74, 6) is -0.640. The summed E-state index contributed by atoms with van der Waals surface area (Å²) >= 11 is 0. The fourth-order valence-electron chi connectivity index (χ4n) is 4.85. The van der Waals surface area contributed by atoms with Crippen molar-refractivity contribution in [2.75, 3.05) is 38.6 Å². The highest BCUT2D eigenvalue weighted by molar-refractivity contribution is 6.46. The lowest BCUT2D eigenvalue weighted by molar-refractivity contribution is -0.131. The first-order valence-corrected chi connectivity index (χ1v) is 11.5. The highest BCUT2D eigenvalue weighted by atomic mass is 16.2. The Kier molecular flexibility index (Phi) is 4.99. The first-order valence-electron chi connectivity index (χ1n) is 11.5. The zero-order valence-corrected chi connectivity index (χ0v) is 19.7. The van der Waals surface area contributed by atoms with Crippen LogP contribution in [0.2, 0.25) is 0 Å². The lowest BCUT2D eigenvalue weighted by Gasteiger charge is -2.42. The Bertz CT molecular complexity index is 1510. The molecule has 180 valence electrons. The van der Waals surface area contributed by atoms with E-state index in [1.165, 1.54) is 0 Å². The van der Waals surface area contributed by atoms with Gasteiger partial charge in [-0.3, -0.25) is 24.4 Å². The molecule has 4 aromatic rings. The van der Waals surface area contributed by atoms with Crippen LogP contribution in [0.4, 0.5) is 5.82 Å². The highest BCUT2D eigenvalue weighted by Crippen LogP contribution is 2.39. The van der Waals surface area contributed by atoms with E-state index < -0.39 is 17.7 Å². The zero-order valence-electron chi connectivity index (χ0n) is 19.7. The van der Waals surface area contributed by atoms with Gasteiger partial charge in [-0.15, -0.1) is 0 Å².